The molecule has 39 heavy (non-hydrogen) atoms. The molecule has 7 nitrogen and oxygen atoms in total. The van der Waals surface area contributed by atoms with E-state index in [-0.39, 0.29) is 11.7 Å². The van der Waals surface area contributed by atoms with Crippen molar-refractivity contribution in [3.05, 3.63) is 121 Å². The summed E-state index contributed by atoms with van der Waals surface area (Å²) in [4.78, 5) is 17.4. The number of furan rings is 1. The van der Waals surface area contributed by atoms with Gasteiger partial charge in [0.25, 0.3) is 5.91 Å². The Hall–Kier alpha value is -5.50. The molecule has 0 radical (unpaired) electrons. The maximum Gasteiger partial charge on any atom is 0.255 e. The van der Waals surface area contributed by atoms with E-state index in [1.54, 1.807) is 22.8 Å². The average molecular weight is 514 g/mol. The summed E-state index contributed by atoms with van der Waals surface area (Å²) in [5.74, 6) is -0.174. The fraction of sp³-hybridized carbons (Fsp3) is 0. The van der Waals surface area contributed by atoms with Crippen molar-refractivity contribution in [2.45, 2.75) is 0 Å². The summed E-state index contributed by atoms with van der Waals surface area (Å²) in [6.45, 7) is 0. The van der Waals surface area contributed by atoms with Crippen LogP contribution in [-0.2, 0) is 0 Å². The van der Waals surface area contributed by atoms with Gasteiger partial charge in [0.2, 0.25) is 5.95 Å². The molecule has 7 aromatic rings. The number of nitrogens with zero attached hydrogens (tertiary/aromatic N) is 3. The molecule has 8 heteroatoms. The minimum absolute atomic E-state index is 0.317. The number of benzene rings is 4. The first-order valence-corrected chi connectivity index (χ1v) is 12.3. The van der Waals surface area contributed by atoms with Crippen molar-refractivity contribution >= 4 is 50.7 Å². The summed E-state index contributed by atoms with van der Waals surface area (Å²) >= 11 is 0. The summed E-state index contributed by atoms with van der Waals surface area (Å²) in [6, 6.07) is 30.6. The van der Waals surface area contributed by atoms with Gasteiger partial charge in [-0.25, -0.2) is 13.9 Å². The van der Waals surface area contributed by atoms with Gasteiger partial charge in [0.15, 0.2) is 0 Å². The van der Waals surface area contributed by atoms with Crippen LogP contribution in [-0.4, -0.2) is 20.5 Å². The molecular formula is C31H20FN5O2. The van der Waals surface area contributed by atoms with Crippen LogP contribution in [0.15, 0.2) is 114 Å². The predicted molar refractivity (Wildman–Crippen MR) is 150 cm³/mol. The number of halogens is 1. The maximum atomic E-state index is 13.2. The largest absolute Gasteiger partial charge is 0.455 e. The number of anilines is 3. The van der Waals surface area contributed by atoms with Crippen molar-refractivity contribution in [2.75, 3.05) is 10.6 Å². The van der Waals surface area contributed by atoms with Gasteiger partial charge in [-0.2, -0.15) is 5.10 Å². The van der Waals surface area contributed by atoms with Gasteiger partial charge in [-0.3, -0.25) is 4.79 Å². The molecule has 4 aromatic carbocycles. The quantitative estimate of drug-likeness (QED) is 0.250. The fourth-order valence-electron chi connectivity index (χ4n) is 4.67. The van der Waals surface area contributed by atoms with Gasteiger partial charge in [-0.1, -0.05) is 30.3 Å². The molecule has 0 aliphatic rings. The van der Waals surface area contributed by atoms with Gasteiger partial charge in [0.1, 0.15) is 17.0 Å². The van der Waals surface area contributed by atoms with Crippen LogP contribution in [0.3, 0.4) is 0 Å². The summed E-state index contributed by atoms with van der Waals surface area (Å²) in [5.41, 5.74) is 5.86. The standard InChI is InChI=1S/C31H20FN5O2/c32-20-10-8-19(9-11-20)30(38)34-21-12-14-22(15-13-21)35-31-36-27(18-23-16-17-33-37(23)31)26-6-3-5-25-24-4-1-2-7-28(24)39-29(25)26/h1-18H,(H,34,38)(H,35,36). The van der Waals surface area contributed by atoms with E-state index in [1.165, 1.54) is 24.3 Å². The maximum absolute atomic E-state index is 13.2. The lowest BCUT2D eigenvalue weighted by Gasteiger charge is -2.11. The van der Waals surface area contributed by atoms with Gasteiger partial charge in [-0.15, -0.1) is 0 Å². The zero-order valence-electron chi connectivity index (χ0n) is 20.4. The highest BCUT2D eigenvalue weighted by atomic mass is 19.1. The van der Waals surface area contributed by atoms with Crippen molar-refractivity contribution in [3.8, 4) is 11.3 Å². The van der Waals surface area contributed by atoms with Crippen LogP contribution in [0.4, 0.5) is 21.7 Å². The first-order chi connectivity index (χ1) is 19.1. The van der Waals surface area contributed by atoms with Crippen LogP contribution in [0.5, 0.6) is 0 Å². The van der Waals surface area contributed by atoms with Crippen molar-refractivity contribution < 1.29 is 13.6 Å². The average Bonchev–Trinajstić information content (AvgIpc) is 3.59. The smallest absolute Gasteiger partial charge is 0.255 e. The van der Waals surface area contributed by atoms with Crippen molar-refractivity contribution in [1.29, 1.82) is 0 Å². The number of fused-ring (bicyclic) bond motifs is 4. The van der Waals surface area contributed by atoms with E-state index in [1.807, 2.05) is 54.6 Å². The second-order valence-electron chi connectivity index (χ2n) is 9.08. The molecule has 0 fully saturated rings. The van der Waals surface area contributed by atoms with E-state index in [2.05, 4.69) is 27.9 Å². The van der Waals surface area contributed by atoms with Crippen LogP contribution in [0.1, 0.15) is 10.4 Å². The number of nitrogens with one attached hydrogen (secondary N) is 2. The fourth-order valence-corrected chi connectivity index (χ4v) is 4.67. The van der Waals surface area contributed by atoms with E-state index >= 15 is 0 Å². The number of hydrogen-bond donors (Lipinski definition) is 2. The molecule has 0 bridgehead atoms. The molecule has 188 valence electrons. The number of hydrogen-bond acceptors (Lipinski definition) is 5. The Morgan fingerprint density at radius 1 is 0.821 bits per heavy atom. The molecule has 0 unspecified atom stereocenters. The SMILES string of the molecule is O=C(Nc1ccc(Nc2nc(-c3cccc4c3oc3ccccc34)cc3ccnn23)cc1)c1ccc(F)cc1. The Kier molecular flexibility index (Phi) is 5.30. The number of amides is 1. The first kappa shape index (κ1) is 22.7. The number of aromatic nitrogens is 3. The lowest BCUT2D eigenvalue weighted by molar-refractivity contribution is 0.102. The van der Waals surface area contributed by atoms with Crippen LogP contribution in [0.25, 0.3) is 38.7 Å². The van der Waals surface area contributed by atoms with Crippen molar-refractivity contribution in [1.82, 2.24) is 14.6 Å². The second-order valence-corrected chi connectivity index (χ2v) is 9.08. The van der Waals surface area contributed by atoms with Crippen LogP contribution in [0.2, 0.25) is 0 Å². The lowest BCUT2D eigenvalue weighted by atomic mass is 10.1. The summed E-state index contributed by atoms with van der Waals surface area (Å²) in [7, 11) is 0. The summed E-state index contributed by atoms with van der Waals surface area (Å²) < 4.78 is 21.1. The van der Waals surface area contributed by atoms with E-state index in [0.29, 0.717) is 17.2 Å². The molecule has 0 spiro atoms. The zero-order chi connectivity index (χ0) is 26.3. The molecule has 1 amide bonds. The van der Waals surface area contributed by atoms with Crippen molar-refractivity contribution in [3.63, 3.8) is 0 Å². The van der Waals surface area contributed by atoms with Gasteiger partial charge in [0, 0.05) is 33.3 Å². The molecule has 7 rings (SSSR count). The number of carbonyl (C=O) groups excluding carboxylic acids is 1. The first-order valence-electron chi connectivity index (χ1n) is 12.3. The Labute approximate surface area is 221 Å². The third-order valence-corrected chi connectivity index (χ3v) is 6.57. The van der Waals surface area contributed by atoms with Gasteiger partial charge < -0.3 is 15.1 Å². The van der Waals surface area contributed by atoms with Gasteiger partial charge >= 0.3 is 0 Å². The zero-order valence-corrected chi connectivity index (χ0v) is 20.4. The van der Waals surface area contributed by atoms with Gasteiger partial charge in [0.05, 0.1) is 17.4 Å². The number of rotatable bonds is 5. The summed E-state index contributed by atoms with van der Waals surface area (Å²) in [6.07, 6.45) is 1.72. The molecule has 3 heterocycles. The summed E-state index contributed by atoms with van der Waals surface area (Å²) in [5, 5.41) is 12.7. The minimum atomic E-state index is -0.389. The van der Waals surface area contributed by atoms with E-state index in [4.69, 9.17) is 9.40 Å². The highest BCUT2D eigenvalue weighted by molar-refractivity contribution is 6.09. The van der Waals surface area contributed by atoms with Crippen molar-refractivity contribution in [2.24, 2.45) is 0 Å². The van der Waals surface area contributed by atoms with Crippen LogP contribution >= 0.6 is 0 Å². The third-order valence-electron chi connectivity index (χ3n) is 6.57. The molecule has 2 N–H and O–H groups in total. The minimum Gasteiger partial charge on any atom is -0.455 e. The Bertz CT molecular complexity index is 1990. The monoisotopic (exact) mass is 513 g/mol. The number of carbonyl (C=O) groups is 1. The molecule has 0 saturated heterocycles. The highest BCUT2D eigenvalue weighted by Crippen LogP contribution is 2.36. The van der Waals surface area contributed by atoms with E-state index in [9.17, 15) is 9.18 Å². The van der Waals surface area contributed by atoms with Crippen LogP contribution < -0.4 is 10.6 Å². The second kappa shape index (κ2) is 9.11. The molecule has 0 aliphatic heterocycles. The van der Waals surface area contributed by atoms with E-state index < -0.39 is 0 Å². The molecular weight excluding hydrogens is 493 g/mol. The van der Waals surface area contributed by atoms with Gasteiger partial charge in [-0.05, 0) is 72.8 Å². The van der Waals surface area contributed by atoms with Crippen LogP contribution in [0, 0.1) is 5.82 Å². The Balaban J connectivity index is 1.20. The lowest BCUT2D eigenvalue weighted by Crippen LogP contribution is -2.11. The Morgan fingerprint density at radius 2 is 1.59 bits per heavy atom. The molecule has 0 atom stereocenters. The molecule has 0 aliphatic carbocycles. The van der Waals surface area contributed by atoms with E-state index in [0.717, 1.165) is 44.4 Å². The normalized spacial score (nSPS) is 11.3. The number of para-hydroxylation sites is 2. The Morgan fingerprint density at radius 3 is 2.44 bits per heavy atom. The predicted octanol–water partition coefficient (Wildman–Crippen LogP) is 7.43. The molecule has 0 saturated carbocycles. The topological polar surface area (TPSA) is 84.5 Å². The third kappa shape index (κ3) is 4.14. The molecule has 3 aromatic heterocycles. The highest BCUT2D eigenvalue weighted by Gasteiger charge is 2.15.